The van der Waals surface area contributed by atoms with E-state index >= 15 is 0 Å². The molecule has 0 aliphatic heterocycles. The molecular formula is C24H47NO5. The van der Waals surface area contributed by atoms with Gasteiger partial charge >= 0.3 is 12.1 Å². The quantitative estimate of drug-likeness (QED) is 0.187. The van der Waals surface area contributed by atoms with Gasteiger partial charge in [0, 0.05) is 14.2 Å². The zero-order chi connectivity index (χ0) is 22.6. The molecule has 1 unspecified atom stereocenters. The summed E-state index contributed by atoms with van der Waals surface area (Å²) in [4.78, 5) is 25.9. The van der Waals surface area contributed by atoms with Gasteiger partial charge in [-0.15, -0.1) is 0 Å². The number of methoxy groups -OCH3 is 1. The molecule has 6 nitrogen and oxygen atoms in total. The van der Waals surface area contributed by atoms with Gasteiger partial charge in [0.15, 0.2) is 0 Å². The van der Waals surface area contributed by atoms with Crippen LogP contribution in [0, 0.1) is 5.92 Å². The standard InChI is InChI=1S/C24H47NO5/c1-6-7-8-9-10-11-12-13-14-15-16-17-18-29-23(26)22(21(2)3)25(4)24(27)30-20-19-28-5/h21-22H,6-20H2,1-5H3. The van der Waals surface area contributed by atoms with Crippen molar-refractivity contribution in [1.29, 1.82) is 0 Å². The van der Waals surface area contributed by atoms with Crippen LogP contribution in [0.4, 0.5) is 4.79 Å². The second-order valence-corrected chi connectivity index (χ2v) is 8.46. The van der Waals surface area contributed by atoms with Crippen LogP contribution in [0.3, 0.4) is 0 Å². The Hall–Kier alpha value is -1.30. The van der Waals surface area contributed by atoms with E-state index in [1.54, 1.807) is 14.2 Å². The Bertz CT molecular complexity index is 428. The lowest BCUT2D eigenvalue weighted by Crippen LogP contribution is -2.47. The van der Waals surface area contributed by atoms with Gasteiger partial charge in [-0.1, -0.05) is 91.4 Å². The summed E-state index contributed by atoms with van der Waals surface area (Å²) >= 11 is 0. The minimum absolute atomic E-state index is 0.0561. The Morgan fingerprint density at radius 3 is 1.70 bits per heavy atom. The molecule has 0 saturated carbocycles. The Labute approximate surface area is 185 Å². The first-order valence-corrected chi connectivity index (χ1v) is 12.0. The minimum atomic E-state index is -0.641. The highest BCUT2D eigenvalue weighted by atomic mass is 16.6. The number of esters is 1. The number of hydrogen-bond acceptors (Lipinski definition) is 5. The Balaban J connectivity index is 3.86. The Morgan fingerprint density at radius 1 is 0.733 bits per heavy atom. The van der Waals surface area contributed by atoms with Crippen molar-refractivity contribution in [3.63, 3.8) is 0 Å². The SMILES string of the molecule is CCCCCCCCCCCCCCOC(=O)C(C(C)C)N(C)C(=O)OCCOC. The van der Waals surface area contributed by atoms with E-state index in [-0.39, 0.29) is 18.5 Å². The molecule has 0 aromatic carbocycles. The maximum absolute atomic E-state index is 12.5. The number of hydrogen-bond donors (Lipinski definition) is 0. The topological polar surface area (TPSA) is 65.1 Å². The van der Waals surface area contributed by atoms with Crippen molar-refractivity contribution in [3.8, 4) is 0 Å². The number of ether oxygens (including phenoxy) is 3. The third kappa shape index (κ3) is 14.6. The summed E-state index contributed by atoms with van der Waals surface area (Å²) in [6, 6.07) is -0.641. The van der Waals surface area contributed by atoms with E-state index in [4.69, 9.17) is 14.2 Å². The molecule has 0 rings (SSSR count). The molecule has 6 heteroatoms. The largest absolute Gasteiger partial charge is 0.464 e. The second-order valence-electron chi connectivity index (χ2n) is 8.46. The summed E-state index contributed by atoms with van der Waals surface area (Å²) in [6.45, 7) is 6.95. The summed E-state index contributed by atoms with van der Waals surface area (Å²) < 4.78 is 15.4. The first-order chi connectivity index (χ1) is 14.5. The summed E-state index contributed by atoms with van der Waals surface area (Å²) in [6.07, 6.45) is 14.7. The molecule has 1 amide bonds. The van der Waals surface area contributed by atoms with Crippen molar-refractivity contribution >= 4 is 12.1 Å². The molecule has 30 heavy (non-hydrogen) atoms. The highest BCUT2D eigenvalue weighted by Crippen LogP contribution is 2.14. The average Bonchev–Trinajstić information content (AvgIpc) is 2.71. The average molecular weight is 430 g/mol. The van der Waals surface area contributed by atoms with E-state index in [9.17, 15) is 9.59 Å². The molecule has 0 aromatic rings. The molecule has 0 spiro atoms. The molecule has 178 valence electrons. The zero-order valence-corrected chi connectivity index (χ0v) is 20.2. The van der Waals surface area contributed by atoms with E-state index in [2.05, 4.69) is 6.92 Å². The number of unbranched alkanes of at least 4 members (excludes halogenated alkanes) is 11. The number of nitrogens with zero attached hydrogens (tertiary/aromatic N) is 1. The highest BCUT2D eigenvalue weighted by molar-refractivity contribution is 5.81. The summed E-state index contributed by atoms with van der Waals surface area (Å²) in [5, 5.41) is 0. The fourth-order valence-electron chi connectivity index (χ4n) is 3.51. The molecule has 0 fully saturated rings. The zero-order valence-electron chi connectivity index (χ0n) is 20.2. The van der Waals surface area contributed by atoms with Gasteiger partial charge in [0.05, 0.1) is 13.2 Å². The first kappa shape index (κ1) is 28.7. The molecule has 1 atom stereocenters. The minimum Gasteiger partial charge on any atom is -0.464 e. The monoisotopic (exact) mass is 429 g/mol. The molecule has 0 aliphatic rings. The normalized spacial score (nSPS) is 12.1. The molecule has 0 heterocycles. The van der Waals surface area contributed by atoms with Crippen molar-refractivity contribution in [1.82, 2.24) is 4.90 Å². The van der Waals surface area contributed by atoms with Crippen molar-refractivity contribution in [3.05, 3.63) is 0 Å². The van der Waals surface area contributed by atoms with Gasteiger partial charge < -0.3 is 14.2 Å². The predicted molar refractivity (Wildman–Crippen MR) is 122 cm³/mol. The fourth-order valence-corrected chi connectivity index (χ4v) is 3.51. The van der Waals surface area contributed by atoms with Gasteiger partial charge in [0.1, 0.15) is 12.6 Å². The third-order valence-electron chi connectivity index (χ3n) is 5.33. The van der Waals surface area contributed by atoms with Gasteiger partial charge in [-0.3, -0.25) is 4.90 Å². The van der Waals surface area contributed by atoms with Crippen LogP contribution in [-0.4, -0.2) is 57.0 Å². The summed E-state index contributed by atoms with van der Waals surface area (Å²) in [5.41, 5.74) is 0. The Morgan fingerprint density at radius 2 is 1.23 bits per heavy atom. The summed E-state index contributed by atoms with van der Waals surface area (Å²) in [7, 11) is 3.12. The number of likely N-dealkylation sites (N-methyl/N-ethyl adjacent to an activating group) is 1. The van der Waals surface area contributed by atoms with Crippen LogP contribution < -0.4 is 0 Å². The van der Waals surface area contributed by atoms with Crippen LogP contribution in [0.15, 0.2) is 0 Å². The van der Waals surface area contributed by atoms with Crippen LogP contribution in [0.5, 0.6) is 0 Å². The van der Waals surface area contributed by atoms with Crippen LogP contribution >= 0.6 is 0 Å². The summed E-state index contributed by atoms with van der Waals surface area (Å²) in [5.74, 6) is -0.418. The van der Waals surface area contributed by atoms with Crippen LogP contribution in [0.2, 0.25) is 0 Å². The fraction of sp³-hybridized carbons (Fsp3) is 0.917. The number of carbonyl (C=O) groups excluding carboxylic acids is 2. The molecule has 0 bridgehead atoms. The molecule has 0 radical (unpaired) electrons. The van der Waals surface area contributed by atoms with Crippen LogP contribution in [0.25, 0.3) is 0 Å². The van der Waals surface area contributed by atoms with Gasteiger partial charge in [-0.25, -0.2) is 9.59 Å². The van der Waals surface area contributed by atoms with Gasteiger partial charge in [0.2, 0.25) is 0 Å². The van der Waals surface area contributed by atoms with Crippen LogP contribution in [-0.2, 0) is 19.0 Å². The molecule has 0 aromatic heterocycles. The smallest absolute Gasteiger partial charge is 0.410 e. The molecule has 0 saturated heterocycles. The molecular weight excluding hydrogens is 382 g/mol. The van der Waals surface area contributed by atoms with E-state index < -0.39 is 12.1 Å². The maximum Gasteiger partial charge on any atom is 0.410 e. The van der Waals surface area contributed by atoms with Gasteiger partial charge in [0.25, 0.3) is 0 Å². The van der Waals surface area contributed by atoms with Crippen molar-refractivity contribution in [2.75, 3.05) is 34.0 Å². The van der Waals surface area contributed by atoms with Gasteiger partial charge in [-0.05, 0) is 12.3 Å². The molecule has 0 aliphatic carbocycles. The molecule has 0 N–H and O–H groups in total. The van der Waals surface area contributed by atoms with E-state index in [1.165, 1.54) is 69.1 Å². The lowest BCUT2D eigenvalue weighted by Gasteiger charge is -2.28. The predicted octanol–water partition coefficient (Wildman–Crippen LogP) is 5.97. The van der Waals surface area contributed by atoms with Crippen LogP contribution in [0.1, 0.15) is 97.8 Å². The second kappa shape index (κ2) is 19.7. The van der Waals surface area contributed by atoms with Crippen molar-refractivity contribution < 1.29 is 23.8 Å². The first-order valence-electron chi connectivity index (χ1n) is 12.0. The Kier molecular flexibility index (Phi) is 18.8. The lowest BCUT2D eigenvalue weighted by molar-refractivity contribution is -0.150. The highest BCUT2D eigenvalue weighted by Gasteiger charge is 2.32. The lowest BCUT2D eigenvalue weighted by atomic mass is 10.0. The number of rotatable bonds is 19. The van der Waals surface area contributed by atoms with E-state index in [1.807, 2.05) is 13.8 Å². The third-order valence-corrected chi connectivity index (χ3v) is 5.33. The number of amides is 1. The maximum atomic E-state index is 12.5. The van der Waals surface area contributed by atoms with E-state index in [0.29, 0.717) is 13.2 Å². The van der Waals surface area contributed by atoms with E-state index in [0.717, 1.165) is 12.8 Å². The van der Waals surface area contributed by atoms with Crippen molar-refractivity contribution in [2.24, 2.45) is 5.92 Å². The number of carbonyl (C=O) groups is 2. The van der Waals surface area contributed by atoms with Crippen molar-refractivity contribution in [2.45, 2.75) is 104 Å². The van der Waals surface area contributed by atoms with Gasteiger partial charge in [-0.2, -0.15) is 0 Å².